The Morgan fingerprint density at radius 1 is 1.22 bits per heavy atom. The summed E-state index contributed by atoms with van der Waals surface area (Å²) in [5, 5.41) is 0. The molecule has 0 saturated heterocycles. The molecule has 18 heavy (non-hydrogen) atoms. The van der Waals surface area contributed by atoms with Crippen molar-refractivity contribution < 1.29 is 9.47 Å². The third-order valence-electron chi connectivity index (χ3n) is 2.26. The van der Waals surface area contributed by atoms with Gasteiger partial charge in [0.05, 0.1) is 12.7 Å². The quantitative estimate of drug-likeness (QED) is 0.446. The fourth-order valence-corrected chi connectivity index (χ4v) is 1.28. The average Bonchev–Trinajstić information content (AvgIpc) is 2.27. The summed E-state index contributed by atoms with van der Waals surface area (Å²) in [5.74, 6) is 0.752. The standard InChI is InChI=1S/C16H26O2/c1-7-9-10-11-15(8-2)18-16(5,6)12-13-17-14(3)4/h7-11,14H,1-2,12-13H2,3-6H3/b10-9-,15-11+. The topological polar surface area (TPSA) is 18.5 Å². The van der Waals surface area contributed by atoms with Gasteiger partial charge in [0.2, 0.25) is 0 Å². The van der Waals surface area contributed by atoms with Crippen LogP contribution in [0.3, 0.4) is 0 Å². The van der Waals surface area contributed by atoms with Crippen molar-refractivity contribution in [1.82, 2.24) is 0 Å². The highest BCUT2D eigenvalue weighted by atomic mass is 16.5. The van der Waals surface area contributed by atoms with Crippen molar-refractivity contribution in [3.63, 3.8) is 0 Å². The molecule has 0 atom stereocenters. The molecule has 0 saturated carbocycles. The van der Waals surface area contributed by atoms with Gasteiger partial charge in [-0.2, -0.15) is 0 Å². The highest BCUT2D eigenvalue weighted by Crippen LogP contribution is 2.19. The van der Waals surface area contributed by atoms with Gasteiger partial charge in [0, 0.05) is 6.42 Å². The van der Waals surface area contributed by atoms with Crippen LogP contribution < -0.4 is 0 Å². The zero-order valence-electron chi connectivity index (χ0n) is 12.1. The largest absolute Gasteiger partial charge is 0.488 e. The summed E-state index contributed by atoms with van der Waals surface area (Å²) in [4.78, 5) is 0. The lowest BCUT2D eigenvalue weighted by Gasteiger charge is -2.27. The van der Waals surface area contributed by atoms with Crippen molar-refractivity contribution >= 4 is 0 Å². The Morgan fingerprint density at radius 3 is 2.39 bits per heavy atom. The first-order chi connectivity index (χ1) is 8.41. The molecule has 0 fully saturated rings. The highest BCUT2D eigenvalue weighted by Gasteiger charge is 2.19. The second kappa shape index (κ2) is 8.76. The lowest BCUT2D eigenvalue weighted by molar-refractivity contribution is -0.00821. The molecule has 0 unspecified atom stereocenters. The minimum Gasteiger partial charge on any atom is -0.488 e. The molecule has 0 aromatic heterocycles. The zero-order valence-corrected chi connectivity index (χ0v) is 12.1. The van der Waals surface area contributed by atoms with E-state index in [2.05, 4.69) is 13.2 Å². The predicted octanol–water partition coefficient (Wildman–Crippen LogP) is 4.41. The van der Waals surface area contributed by atoms with E-state index < -0.39 is 0 Å². The predicted molar refractivity (Wildman–Crippen MR) is 78.5 cm³/mol. The maximum Gasteiger partial charge on any atom is 0.119 e. The minimum absolute atomic E-state index is 0.255. The number of hydrogen-bond acceptors (Lipinski definition) is 2. The van der Waals surface area contributed by atoms with E-state index in [-0.39, 0.29) is 11.7 Å². The fraction of sp³-hybridized carbons (Fsp3) is 0.500. The van der Waals surface area contributed by atoms with E-state index >= 15 is 0 Å². The Hall–Kier alpha value is -1.28. The summed E-state index contributed by atoms with van der Waals surface area (Å²) >= 11 is 0. The van der Waals surface area contributed by atoms with Crippen molar-refractivity contribution in [3.8, 4) is 0 Å². The van der Waals surface area contributed by atoms with Gasteiger partial charge >= 0.3 is 0 Å². The van der Waals surface area contributed by atoms with Crippen molar-refractivity contribution in [2.24, 2.45) is 0 Å². The van der Waals surface area contributed by atoms with Crippen LogP contribution in [0.2, 0.25) is 0 Å². The van der Waals surface area contributed by atoms with Crippen molar-refractivity contribution in [2.75, 3.05) is 6.61 Å². The van der Waals surface area contributed by atoms with Crippen molar-refractivity contribution in [2.45, 2.75) is 45.8 Å². The number of hydrogen-bond donors (Lipinski definition) is 0. The number of ether oxygens (including phenoxy) is 2. The van der Waals surface area contributed by atoms with Gasteiger partial charge in [-0.25, -0.2) is 0 Å². The molecule has 0 aromatic carbocycles. The highest BCUT2D eigenvalue weighted by molar-refractivity contribution is 5.19. The Labute approximate surface area is 112 Å². The lowest BCUT2D eigenvalue weighted by atomic mass is 10.1. The van der Waals surface area contributed by atoms with E-state index in [1.165, 1.54) is 0 Å². The molecule has 0 amide bonds. The summed E-state index contributed by atoms with van der Waals surface area (Å²) in [5.41, 5.74) is -0.267. The molecule has 0 aliphatic heterocycles. The molecular weight excluding hydrogens is 224 g/mol. The van der Waals surface area contributed by atoms with Gasteiger partial charge in [-0.3, -0.25) is 0 Å². The molecule has 0 aromatic rings. The molecule has 0 rings (SSSR count). The monoisotopic (exact) mass is 250 g/mol. The SMILES string of the molecule is C=C/C=C\C=C(/C=C)OC(C)(C)CCOC(C)C. The van der Waals surface area contributed by atoms with Crippen molar-refractivity contribution in [3.05, 3.63) is 49.3 Å². The van der Waals surface area contributed by atoms with E-state index in [9.17, 15) is 0 Å². The van der Waals surface area contributed by atoms with E-state index in [0.717, 1.165) is 12.2 Å². The summed E-state index contributed by atoms with van der Waals surface area (Å²) in [6.07, 6.45) is 10.1. The van der Waals surface area contributed by atoms with Crippen LogP contribution in [0.25, 0.3) is 0 Å². The lowest BCUT2D eigenvalue weighted by Crippen LogP contribution is -2.26. The number of allylic oxidation sites excluding steroid dienone is 5. The summed E-state index contributed by atoms with van der Waals surface area (Å²) < 4.78 is 11.4. The first kappa shape index (κ1) is 16.7. The van der Waals surface area contributed by atoms with Gasteiger partial charge in [0.25, 0.3) is 0 Å². The second-order valence-corrected chi connectivity index (χ2v) is 4.93. The average molecular weight is 250 g/mol. The third-order valence-corrected chi connectivity index (χ3v) is 2.26. The maximum atomic E-state index is 5.89. The fourth-order valence-electron chi connectivity index (χ4n) is 1.28. The normalized spacial score (nSPS) is 13.1. The van der Waals surface area contributed by atoms with Crippen LogP contribution in [-0.4, -0.2) is 18.3 Å². The first-order valence-electron chi connectivity index (χ1n) is 6.33. The van der Waals surface area contributed by atoms with Crippen molar-refractivity contribution in [1.29, 1.82) is 0 Å². The van der Waals surface area contributed by atoms with Gasteiger partial charge in [-0.15, -0.1) is 0 Å². The molecule has 102 valence electrons. The van der Waals surface area contributed by atoms with E-state index in [1.807, 2.05) is 45.9 Å². The van der Waals surface area contributed by atoms with Gasteiger partial charge in [-0.1, -0.05) is 31.4 Å². The summed E-state index contributed by atoms with van der Waals surface area (Å²) in [7, 11) is 0. The van der Waals surface area contributed by atoms with Crippen LogP contribution >= 0.6 is 0 Å². The minimum atomic E-state index is -0.267. The van der Waals surface area contributed by atoms with E-state index in [1.54, 1.807) is 12.2 Å². The molecule has 2 nitrogen and oxygen atoms in total. The van der Waals surface area contributed by atoms with E-state index in [0.29, 0.717) is 6.61 Å². The van der Waals surface area contributed by atoms with Crippen LogP contribution in [0.1, 0.15) is 34.1 Å². The van der Waals surface area contributed by atoms with Crippen LogP contribution in [-0.2, 0) is 9.47 Å². The zero-order chi connectivity index (χ0) is 14.0. The molecule has 2 heteroatoms. The molecule has 0 spiro atoms. The van der Waals surface area contributed by atoms with E-state index in [4.69, 9.17) is 9.47 Å². The molecule has 0 heterocycles. The van der Waals surface area contributed by atoms with Crippen LogP contribution in [0, 0.1) is 0 Å². The van der Waals surface area contributed by atoms with Crippen LogP contribution in [0.5, 0.6) is 0 Å². The first-order valence-corrected chi connectivity index (χ1v) is 6.33. The third kappa shape index (κ3) is 8.82. The summed E-state index contributed by atoms with van der Waals surface area (Å²) in [6, 6.07) is 0. The molecule has 0 N–H and O–H groups in total. The van der Waals surface area contributed by atoms with Gasteiger partial charge in [0.1, 0.15) is 11.4 Å². The smallest absolute Gasteiger partial charge is 0.119 e. The molecule has 0 aliphatic rings. The van der Waals surface area contributed by atoms with Crippen LogP contribution in [0.15, 0.2) is 49.3 Å². The van der Waals surface area contributed by atoms with Crippen LogP contribution in [0.4, 0.5) is 0 Å². The maximum absolute atomic E-state index is 5.89. The molecule has 0 aliphatic carbocycles. The van der Waals surface area contributed by atoms with Gasteiger partial charge < -0.3 is 9.47 Å². The Balaban J connectivity index is 4.33. The molecular formula is C16H26O2. The second-order valence-electron chi connectivity index (χ2n) is 4.93. The molecule has 0 bridgehead atoms. The molecule has 0 radical (unpaired) electrons. The Morgan fingerprint density at radius 2 is 1.89 bits per heavy atom. The Kier molecular flexibility index (Phi) is 8.14. The van der Waals surface area contributed by atoms with Gasteiger partial charge in [0.15, 0.2) is 0 Å². The Bertz CT molecular complexity index is 309. The summed E-state index contributed by atoms with van der Waals surface area (Å²) in [6.45, 7) is 16.2. The van der Waals surface area contributed by atoms with Gasteiger partial charge in [-0.05, 0) is 39.8 Å². The number of rotatable bonds is 9.